The van der Waals surface area contributed by atoms with Crippen LogP contribution in [0.15, 0.2) is 12.2 Å². The SMILES string of the molecule is CCC/C=C/CCCCCCCO[C@@H]1[C@@H](O)[C@H](O)CO[C@H]1CO. The second-order valence-corrected chi connectivity index (χ2v) is 6.26. The van der Waals surface area contributed by atoms with Gasteiger partial charge in [-0.25, -0.2) is 0 Å². The third-order valence-electron chi connectivity index (χ3n) is 4.21. The van der Waals surface area contributed by atoms with E-state index >= 15 is 0 Å². The molecule has 0 aromatic carbocycles. The van der Waals surface area contributed by atoms with Gasteiger partial charge in [0.1, 0.15) is 24.4 Å². The first-order chi connectivity index (χ1) is 11.2. The predicted octanol–water partition coefficient (Wildman–Crippen LogP) is 2.18. The maximum absolute atomic E-state index is 9.93. The molecule has 0 radical (unpaired) electrons. The molecule has 136 valence electrons. The Kier molecular flexibility index (Phi) is 11.5. The standard InChI is InChI=1S/C18H34O5/c1-2-3-4-5-6-7-8-9-10-11-12-22-18-16(13-19)23-14-15(20)17(18)21/h4-5,15-21H,2-3,6-14H2,1H3/b5-4+/t15-,16+,17+,18+/m1/s1. The van der Waals surface area contributed by atoms with Crippen molar-refractivity contribution in [2.45, 2.75) is 82.7 Å². The van der Waals surface area contributed by atoms with Gasteiger partial charge in [-0.2, -0.15) is 0 Å². The first-order valence-corrected chi connectivity index (χ1v) is 9.05. The Morgan fingerprint density at radius 1 is 1.04 bits per heavy atom. The Bertz CT molecular complexity index is 306. The van der Waals surface area contributed by atoms with E-state index in [0.717, 1.165) is 19.3 Å². The van der Waals surface area contributed by atoms with Crippen LogP contribution in [0.1, 0.15) is 58.3 Å². The highest BCUT2D eigenvalue weighted by Gasteiger charge is 2.39. The molecule has 1 aliphatic rings. The first-order valence-electron chi connectivity index (χ1n) is 9.05. The average Bonchev–Trinajstić information content (AvgIpc) is 2.56. The van der Waals surface area contributed by atoms with Gasteiger partial charge < -0.3 is 24.8 Å². The molecule has 0 saturated carbocycles. The zero-order valence-electron chi connectivity index (χ0n) is 14.4. The molecular weight excluding hydrogens is 296 g/mol. The second kappa shape index (κ2) is 12.9. The van der Waals surface area contributed by atoms with Gasteiger partial charge >= 0.3 is 0 Å². The highest BCUT2D eigenvalue weighted by Crippen LogP contribution is 2.19. The van der Waals surface area contributed by atoms with Crippen LogP contribution in [0, 0.1) is 0 Å². The normalized spacial score (nSPS) is 28.5. The zero-order chi connectivity index (χ0) is 16.9. The third kappa shape index (κ3) is 8.27. The van der Waals surface area contributed by atoms with E-state index in [1.165, 1.54) is 32.1 Å². The topological polar surface area (TPSA) is 79.2 Å². The summed E-state index contributed by atoms with van der Waals surface area (Å²) in [4.78, 5) is 0. The summed E-state index contributed by atoms with van der Waals surface area (Å²) in [5.74, 6) is 0. The van der Waals surface area contributed by atoms with Gasteiger partial charge in [0.2, 0.25) is 0 Å². The molecule has 4 atom stereocenters. The second-order valence-electron chi connectivity index (χ2n) is 6.26. The summed E-state index contributed by atoms with van der Waals surface area (Å²) in [5.41, 5.74) is 0. The van der Waals surface area contributed by atoms with E-state index in [4.69, 9.17) is 9.47 Å². The van der Waals surface area contributed by atoms with Gasteiger partial charge in [-0.3, -0.25) is 0 Å². The zero-order valence-corrected chi connectivity index (χ0v) is 14.4. The number of aliphatic hydroxyl groups is 3. The van der Waals surface area contributed by atoms with Crippen LogP contribution in [0.5, 0.6) is 0 Å². The quantitative estimate of drug-likeness (QED) is 0.377. The monoisotopic (exact) mass is 330 g/mol. The van der Waals surface area contributed by atoms with Crippen molar-refractivity contribution in [2.24, 2.45) is 0 Å². The molecule has 0 aliphatic carbocycles. The van der Waals surface area contributed by atoms with Gasteiger partial charge in [-0.15, -0.1) is 0 Å². The molecule has 1 rings (SSSR count). The highest BCUT2D eigenvalue weighted by molar-refractivity contribution is 4.87. The van der Waals surface area contributed by atoms with Crippen LogP contribution in [0.25, 0.3) is 0 Å². The van der Waals surface area contributed by atoms with Crippen molar-refractivity contribution in [2.75, 3.05) is 19.8 Å². The van der Waals surface area contributed by atoms with Crippen molar-refractivity contribution >= 4 is 0 Å². The summed E-state index contributed by atoms with van der Waals surface area (Å²) in [7, 11) is 0. The number of aliphatic hydroxyl groups excluding tert-OH is 3. The molecule has 0 aromatic rings. The fourth-order valence-corrected chi connectivity index (χ4v) is 2.73. The van der Waals surface area contributed by atoms with E-state index in [1.807, 2.05) is 0 Å². The molecule has 1 heterocycles. The molecule has 23 heavy (non-hydrogen) atoms. The van der Waals surface area contributed by atoms with Crippen molar-refractivity contribution in [1.82, 2.24) is 0 Å². The highest BCUT2D eigenvalue weighted by atomic mass is 16.6. The number of ether oxygens (including phenoxy) is 2. The Labute approximate surface area is 140 Å². The van der Waals surface area contributed by atoms with E-state index in [9.17, 15) is 15.3 Å². The van der Waals surface area contributed by atoms with Crippen molar-refractivity contribution < 1.29 is 24.8 Å². The molecule has 0 amide bonds. The van der Waals surface area contributed by atoms with Gasteiger partial charge in [0, 0.05) is 6.61 Å². The lowest BCUT2D eigenvalue weighted by atomic mass is 10.0. The summed E-state index contributed by atoms with van der Waals surface area (Å²) in [5, 5.41) is 28.8. The van der Waals surface area contributed by atoms with Gasteiger partial charge in [0.15, 0.2) is 0 Å². The van der Waals surface area contributed by atoms with E-state index < -0.39 is 24.4 Å². The number of rotatable bonds is 12. The van der Waals surface area contributed by atoms with Crippen LogP contribution in [-0.4, -0.2) is 59.6 Å². The molecular formula is C18H34O5. The molecule has 0 unspecified atom stereocenters. The summed E-state index contributed by atoms with van der Waals surface area (Å²) >= 11 is 0. The van der Waals surface area contributed by atoms with Crippen LogP contribution >= 0.6 is 0 Å². The van der Waals surface area contributed by atoms with Crippen molar-refractivity contribution in [1.29, 1.82) is 0 Å². The van der Waals surface area contributed by atoms with Crippen molar-refractivity contribution in [3.05, 3.63) is 12.2 Å². The van der Waals surface area contributed by atoms with Crippen LogP contribution in [-0.2, 0) is 9.47 Å². The molecule has 5 nitrogen and oxygen atoms in total. The molecule has 0 spiro atoms. The van der Waals surface area contributed by atoms with Gasteiger partial charge in [0.25, 0.3) is 0 Å². The minimum Gasteiger partial charge on any atom is -0.394 e. The minimum atomic E-state index is -0.990. The fourth-order valence-electron chi connectivity index (χ4n) is 2.73. The molecule has 5 heteroatoms. The molecule has 0 bridgehead atoms. The number of hydrogen-bond acceptors (Lipinski definition) is 5. The minimum absolute atomic E-state index is 0.0406. The summed E-state index contributed by atoms with van der Waals surface area (Å²) in [6, 6.07) is 0. The van der Waals surface area contributed by atoms with Crippen LogP contribution in [0.2, 0.25) is 0 Å². The lowest BCUT2D eigenvalue weighted by Gasteiger charge is -2.37. The largest absolute Gasteiger partial charge is 0.394 e. The Hall–Kier alpha value is -0.460. The lowest BCUT2D eigenvalue weighted by Crippen LogP contribution is -2.55. The fraction of sp³-hybridized carbons (Fsp3) is 0.889. The average molecular weight is 330 g/mol. The maximum Gasteiger partial charge on any atom is 0.114 e. The molecule has 1 aliphatic heterocycles. The molecule has 1 saturated heterocycles. The molecule has 3 N–H and O–H groups in total. The number of hydrogen-bond donors (Lipinski definition) is 3. The van der Waals surface area contributed by atoms with E-state index in [-0.39, 0.29) is 13.2 Å². The Morgan fingerprint density at radius 3 is 2.48 bits per heavy atom. The van der Waals surface area contributed by atoms with Gasteiger partial charge in [0.05, 0.1) is 13.2 Å². The van der Waals surface area contributed by atoms with Crippen molar-refractivity contribution in [3.8, 4) is 0 Å². The summed E-state index contributed by atoms with van der Waals surface area (Å²) in [6.07, 6.45) is 10.6. The van der Waals surface area contributed by atoms with Gasteiger partial charge in [-0.05, 0) is 25.7 Å². The summed E-state index contributed by atoms with van der Waals surface area (Å²) < 4.78 is 10.9. The van der Waals surface area contributed by atoms with E-state index in [0.29, 0.717) is 6.61 Å². The smallest absolute Gasteiger partial charge is 0.114 e. The summed E-state index contributed by atoms with van der Waals surface area (Å²) in [6.45, 7) is 2.54. The van der Waals surface area contributed by atoms with E-state index in [2.05, 4.69) is 19.1 Å². The molecule has 1 fully saturated rings. The predicted molar refractivity (Wildman–Crippen MR) is 90.3 cm³/mol. The first kappa shape index (κ1) is 20.6. The maximum atomic E-state index is 9.93. The van der Waals surface area contributed by atoms with Crippen molar-refractivity contribution in [3.63, 3.8) is 0 Å². The van der Waals surface area contributed by atoms with Gasteiger partial charge in [-0.1, -0.05) is 44.8 Å². The Balaban J connectivity index is 2.03. The Morgan fingerprint density at radius 2 is 1.74 bits per heavy atom. The van der Waals surface area contributed by atoms with E-state index in [1.54, 1.807) is 0 Å². The number of unbranched alkanes of at least 4 members (excludes halogenated alkanes) is 6. The van der Waals surface area contributed by atoms with Crippen LogP contribution in [0.3, 0.4) is 0 Å². The number of allylic oxidation sites excluding steroid dienone is 2. The third-order valence-corrected chi connectivity index (χ3v) is 4.21. The van der Waals surface area contributed by atoms with Crippen LogP contribution in [0.4, 0.5) is 0 Å². The molecule has 0 aromatic heterocycles. The lowest BCUT2D eigenvalue weighted by molar-refractivity contribution is -0.211. The van der Waals surface area contributed by atoms with Crippen LogP contribution < -0.4 is 0 Å².